The minimum absolute atomic E-state index is 0. The van der Waals surface area contributed by atoms with Crippen molar-refractivity contribution in [2.45, 2.75) is 0 Å². The molecule has 0 saturated heterocycles. The molecule has 0 radical (unpaired) electrons. The second-order valence-electron chi connectivity index (χ2n) is 2.69. The van der Waals surface area contributed by atoms with Crippen LogP contribution in [-0.2, 0) is 0 Å². The summed E-state index contributed by atoms with van der Waals surface area (Å²) in [6, 6.07) is 3.42. The molecule has 3 nitrogen and oxygen atoms in total. The van der Waals surface area contributed by atoms with E-state index < -0.39 is 18.5 Å². The molecule has 0 aliphatic carbocycles. The Bertz CT molecular complexity index is 358. The molecule has 0 atom stereocenters. The Morgan fingerprint density at radius 3 is 2.40 bits per heavy atom. The molecule has 1 aromatic carbocycles. The van der Waals surface area contributed by atoms with E-state index in [0.29, 0.717) is 0 Å². The fourth-order valence-electron chi connectivity index (χ4n) is 0.962. The van der Waals surface area contributed by atoms with Crippen LogP contribution in [0.15, 0.2) is 24.3 Å². The third-order valence-electron chi connectivity index (χ3n) is 1.53. The largest absolute Gasteiger partial charge is 1.00 e. The maximum absolute atomic E-state index is 12.2. The van der Waals surface area contributed by atoms with Crippen molar-refractivity contribution in [3.05, 3.63) is 24.3 Å². The van der Waals surface area contributed by atoms with Gasteiger partial charge in [0.15, 0.2) is 0 Å². The van der Waals surface area contributed by atoms with E-state index in [9.17, 15) is 17.7 Å². The van der Waals surface area contributed by atoms with Crippen molar-refractivity contribution < 1.29 is 69.1 Å². The van der Waals surface area contributed by atoms with Crippen LogP contribution in [0.4, 0.5) is 23.4 Å². The number of carbonyl (C=O) groups is 1. The first-order chi connectivity index (χ1) is 6.39. The third-order valence-corrected chi connectivity index (χ3v) is 1.53. The van der Waals surface area contributed by atoms with Crippen LogP contribution in [0, 0.1) is 0 Å². The molecular weight excluding hydrogens is 235 g/mol. The summed E-state index contributed by atoms with van der Waals surface area (Å²) in [7, 11) is 0. The molecule has 0 aliphatic rings. The number of primary amides is 1. The maximum atomic E-state index is 12.2. The molecule has 0 saturated carbocycles. The molecule has 1 rings (SSSR count). The van der Waals surface area contributed by atoms with Crippen molar-refractivity contribution in [3.8, 4) is 0 Å². The zero-order valence-corrected chi connectivity index (χ0v) is 11.1. The Kier molecular flexibility index (Phi) is 5.89. The summed E-state index contributed by atoms with van der Waals surface area (Å²) in [6.45, 7) is -5.05. The topological polar surface area (TPSA) is 55.1 Å². The van der Waals surface area contributed by atoms with Crippen molar-refractivity contribution in [2.75, 3.05) is 5.32 Å². The number of nitrogens with two attached hydrogens (primary N) is 1. The first kappa shape index (κ1) is 15.0. The second-order valence-corrected chi connectivity index (χ2v) is 2.69. The van der Waals surface area contributed by atoms with Gasteiger partial charge in [0, 0.05) is 5.69 Å². The van der Waals surface area contributed by atoms with Crippen molar-refractivity contribution in [3.63, 3.8) is 0 Å². The van der Waals surface area contributed by atoms with E-state index in [-0.39, 0.29) is 57.1 Å². The van der Waals surface area contributed by atoms with E-state index in [2.05, 4.69) is 5.32 Å². The molecule has 2 amide bonds. The third kappa shape index (κ3) is 5.03. The van der Waals surface area contributed by atoms with Gasteiger partial charge in [-0.3, -0.25) is 0 Å². The molecule has 1 aromatic rings. The first-order valence-corrected chi connectivity index (χ1v) is 3.76. The van der Waals surface area contributed by atoms with E-state index in [1.165, 1.54) is 12.1 Å². The van der Waals surface area contributed by atoms with Gasteiger partial charge in [0.25, 0.3) is 0 Å². The van der Waals surface area contributed by atoms with Gasteiger partial charge in [0.05, 0.1) is 0 Å². The van der Waals surface area contributed by atoms with E-state index in [0.717, 1.165) is 12.1 Å². The zero-order chi connectivity index (χ0) is 10.8. The van der Waals surface area contributed by atoms with Gasteiger partial charge in [0.1, 0.15) is 0 Å². The van der Waals surface area contributed by atoms with Crippen molar-refractivity contribution >= 4 is 24.2 Å². The molecule has 0 bridgehead atoms. The Labute approximate surface area is 127 Å². The number of benzene rings is 1. The number of anilines is 1. The molecule has 0 unspecified atom stereocenters. The molecule has 0 aliphatic heterocycles. The summed E-state index contributed by atoms with van der Waals surface area (Å²) in [4.78, 5) is 10.4. The Balaban J connectivity index is 0.00000196. The minimum Gasteiger partial charge on any atom is -0.445 e. The standard InChI is InChI=1S/C7H7BF3N2O.K/c9-8(10,11)5-2-1-3-6(4-5)13-7(12)14;/h1-4H,(H3,12,13,14);/q-1;+1. The van der Waals surface area contributed by atoms with E-state index in [1.807, 2.05) is 0 Å². The average molecular weight is 242 g/mol. The van der Waals surface area contributed by atoms with E-state index in [4.69, 9.17) is 5.73 Å². The zero-order valence-electron chi connectivity index (χ0n) is 8.01. The monoisotopic (exact) mass is 242 g/mol. The van der Waals surface area contributed by atoms with Crippen LogP contribution >= 0.6 is 0 Å². The minimum atomic E-state index is -5.05. The number of amides is 2. The number of rotatable bonds is 2. The van der Waals surface area contributed by atoms with Crippen molar-refractivity contribution in [2.24, 2.45) is 5.73 Å². The maximum Gasteiger partial charge on any atom is 1.00 e. The average Bonchev–Trinajstić information content (AvgIpc) is 2.01. The summed E-state index contributed by atoms with van der Waals surface area (Å²) in [5.74, 6) is 0. The van der Waals surface area contributed by atoms with Crippen LogP contribution in [0.25, 0.3) is 0 Å². The number of carbonyl (C=O) groups excluding carboxylic acids is 1. The van der Waals surface area contributed by atoms with Gasteiger partial charge in [-0.2, -0.15) is 0 Å². The quantitative estimate of drug-likeness (QED) is 0.593. The van der Waals surface area contributed by atoms with Gasteiger partial charge in [-0.15, -0.1) is 5.46 Å². The molecule has 3 N–H and O–H groups in total. The number of urea groups is 1. The van der Waals surface area contributed by atoms with Crippen LogP contribution in [0.5, 0.6) is 0 Å². The molecule has 8 heteroatoms. The summed E-state index contributed by atoms with van der Waals surface area (Å²) in [5.41, 5.74) is 4.03. The van der Waals surface area contributed by atoms with Crippen LogP contribution in [-0.4, -0.2) is 13.0 Å². The summed E-state index contributed by atoms with van der Waals surface area (Å²) >= 11 is 0. The van der Waals surface area contributed by atoms with Crippen LogP contribution in [0.2, 0.25) is 0 Å². The predicted molar refractivity (Wildman–Crippen MR) is 48.4 cm³/mol. The molecule has 76 valence electrons. The molecule has 0 heterocycles. The van der Waals surface area contributed by atoms with Gasteiger partial charge in [0.2, 0.25) is 0 Å². The van der Waals surface area contributed by atoms with Crippen LogP contribution < -0.4 is 67.9 Å². The molecule has 15 heavy (non-hydrogen) atoms. The van der Waals surface area contributed by atoms with Crippen molar-refractivity contribution in [1.29, 1.82) is 0 Å². The number of hydrogen-bond donors (Lipinski definition) is 2. The first-order valence-electron chi connectivity index (χ1n) is 3.76. The van der Waals surface area contributed by atoms with Gasteiger partial charge in [-0.05, 0) is 6.07 Å². The SMILES string of the molecule is NC(=O)Nc1cccc([B-](F)(F)F)c1.[K+]. The normalized spacial score (nSPS) is 10.3. The Morgan fingerprint density at radius 1 is 1.33 bits per heavy atom. The molecule has 0 fully saturated rings. The van der Waals surface area contributed by atoms with Gasteiger partial charge in [-0.25, -0.2) is 4.79 Å². The van der Waals surface area contributed by atoms with E-state index >= 15 is 0 Å². The Hall–Kier alpha value is -0.0187. The van der Waals surface area contributed by atoms with E-state index in [1.54, 1.807) is 0 Å². The fraction of sp³-hybridized carbons (Fsp3) is 0. The number of nitrogens with one attached hydrogen (secondary N) is 1. The smallest absolute Gasteiger partial charge is 0.445 e. The van der Waals surface area contributed by atoms with Crippen LogP contribution in [0.1, 0.15) is 0 Å². The predicted octanol–water partition coefficient (Wildman–Crippen LogP) is -1.76. The summed E-state index contributed by atoms with van der Waals surface area (Å²) < 4.78 is 36.7. The fourth-order valence-corrected chi connectivity index (χ4v) is 0.962. The molecular formula is C7H7BF3KN2O. The summed E-state index contributed by atoms with van der Waals surface area (Å²) in [5, 5.41) is 2.07. The molecule has 0 aromatic heterocycles. The number of hydrogen-bond acceptors (Lipinski definition) is 1. The van der Waals surface area contributed by atoms with Crippen molar-refractivity contribution in [1.82, 2.24) is 0 Å². The van der Waals surface area contributed by atoms with Gasteiger partial charge in [-0.1, -0.05) is 18.2 Å². The van der Waals surface area contributed by atoms with Gasteiger partial charge >= 0.3 is 64.4 Å². The Morgan fingerprint density at radius 2 is 1.93 bits per heavy atom. The second kappa shape index (κ2) is 5.90. The van der Waals surface area contributed by atoms with Gasteiger partial charge < -0.3 is 24.0 Å². The van der Waals surface area contributed by atoms with Crippen LogP contribution in [0.3, 0.4) is 0 Å². The number of halogens is 3. The summed E-state index contributed by atoms with van der Waals surface area (Å²) in [6.07, 6.45) is 0. The molecule has 0 spiro atoms.